The summed E-state index contributed by atoms with van der Waals surface area (Å²) in [4.78, 5) is 0. The summed E-state index contributed by atoms with van der Waals surface area (Å²) in [6.45, 7) is 4.73. The zero-order valence-corrected chi connectivity index (χ0v) is 27.9. The van der Waals surface area contributed by atoms with Crippen LogP contribution in [0.5, 0.6) is 0 Å². The molecule has 1 nitrogen and oxygen atoms in total. The largest absolute Gasteiger partial charge is 0.455 e. The average molecular weight is 637 g/mol. The SMILES string of the molecule is CC1(C)c2ccccc2-c2c(-c3c4ccccc4c(-c4cccc5ccccc45)c4ccccc34)cc3c(oc4c5ccccc5ccc34)c21. The number of fused-ring (bicyclic) bond motifs is 12. The van der Waals surface area contributed by atoms with E-state index in [0.717, 1.165) is 21.9 Å². The third-order valence-corrected chi connectivity index (χ3v) is 11.4. The van der Waals surface area contributed by atoms with E-state index in [-0.39, 0.29) is 5.41 Å². The molecule has 1 aliphatic carbocycles. The molecule has 234 valence electrons. The van der Waals surface area contributed by atoms with Gasteiger partial charge in [-0.15, -0.1) is 0 Å². The van der Waals surface area contributed by atoms with Crippen LogP contribution < -0.4 is 0 Å². The highest BCUT2D eigenvalue weighted by atomic mass is 16.3. The maximum Gasteiger partial charge on any atom is 0.143 e. The van der Waals surface area contributed by atoms with Crippen LogP contribution in [-0.4, -0.2) is 0 Å². The molecule has 0 unspecified atom stereocenters. The Hall–Kier alpha value is -6.18. The number of rotatable bonds is 2. The van der Waals surface area contributed by atoms with Crippen molar-refractivity contribution in [3.05, 3.63) is 169 Å². The van der Waals surface area contributed by atoms with Gasteiger partial charge in [0.15, 0.2) is 0 Å². The van der Waals surface area contributed by atoms with Gasteiger partial charge in [0.05, 0.1) is 0 Å². The molecule has 0 fully saturated rings. The van der Waals surface area contributed by atoms with Gasteiger partial charge in [-0.05, 0) is 88.8 Å². The first-order chi connectivity index (χ1) is 24.6. The summed E-state index contributed by atoms with van der Waals surface area (Å²) in [5, 5.41) is 12.3. The van der Waals surface area contributed by atoms with E-state index in [9.17, 15) is 0 Å². The number of furan rings is 1. The lowest BCUT2D eigenvalue weighted by Crippen LogP contribution is -2.15. The van der Waals surface area contributed by atoms with Crippen molar-refractivity contribution in [3.8, 4) is 33.4 Å². The van der Waals surface area contributed by atoms with Crippen LogP contribution in [0.4, 0.5) is 0 Å². The molecule has 0 aliphatic heterocycles. The van der Waals surface area contributed by atoms with Crippen LogP contribution in [0.15, 0.2) is 162 Å². The first-order valence-corrected chi connectivity index (χ1v) is 17.5. The third kappa shape index (κ3) is 3.56. The highest BCUT2D eigenvalue weighted by Gasteiger charge is 2.41. The van der Waals surface area contributed by atoms with Gasteiger partial charge in [0, 0.05) is 27.1 Å². The van der Waals surface area contributed by atoms with Crippen LogP contribution >= 0.6 is 0 Å². The fourth-order valence-corrected chi connectivity index (χ4v) is 9.24. The Bertz CT molecular complexity index is 3000. The molecule has 50 heavy (non-hydrogen) atoms. The first kappa shape index (κ1) is 27.7. The van der Waals surface area contributed by atoms with Crippen LogP contribution in [-0.2, 0) is 5.41 Å². The summed E-state index contributed by atoms with van der Waals surface area (Å²) >= 11 is 0. The topological polar surface area (TPSA) is 13.1 Å². The fraction of sp³-hybridized carbons (Fsp3) is 0.0612. The molecule has 0 bridgehead atoms. The Kier molecular flexibility index (Phi) is 5.51. The highest BCUT2D eigenvalue weighted by Crippen LogP contribution is 2.58. The second-order valence-corrected chi connectivity index (χ2v) is 14.4. The van der Waals surface area contributed by atoms with E-state index in [1.165, 1.54) is 87.6 Å². The van der Waals surface area contributed by atoms with E-state index in [2.05, 4.69) is 172 Å². The summed E-state index contributed by atoms with van der Waals surface area (Å²) in [6.07, 6.45) is 0. The van der Waals surface area contributed by atoms with Crippen molar-refractivity contribution in [3.63, 3.8) is 0 Å². The zero-order valence-electron chi connectivity index (χ0n) is 27.9. The molecule has 0 radical (unpaired) electrons. The van der Waals surface area contributed by atoms with Gasteiger partial charge >= 0.3 is 0 Å². The molecule has 1 aliphatic rings. The quantitative estimate of drug-likeness (QED) is 0.172. The molecule has 0 N–H and O–H groups in total. The number of hydrogen-bond donors (Lipinski definition) is 0. The smallest absolute Gasteiger partial charge is 0.143 e. The predicted molar refractivity (Wildman–Crippen MR) is 212 cm³/mol. The summed E-state index contributed by atoms with van der Waals surface area (Å²) < 4.78 is 7.06. The van der Waals surface area contributed by atoms with Gasteiger partial charge < -0.3 is 4.42 Å². The average Bonchev–Trinajstić information content (AvgIpc) is 3.65. The minimum absolute atomic E-state index is 0.252. The molecule has 9 aromatic carbocycles. The van der Waals surface area contributed by atoms with Crippen molar-refractivity contribution < 1.29 is 4.42 Å². The second-order valence-electron chi connectivity index (χ2n) is 14.4. The summed E-state index contributed by atoms with van der Waals surface area (Å²) in [7, 11) is 0. The van der Waals surface area contributed by atoms with E-state index >= 15 is 0 Å². The Morgan fingerprint density at radius 3 is 1.58 bits per heavy atom. The van der Waals surface area contributed by atoms with E-state index in [4.69, 9.17) is 4.42 Å². The molecular formula is C49H32O. The van der Waals surface area contributed by atoms with Crippen LogP contribution in [0.25, 0.3) is 98.4 Å². The van der Waals surface area contributed by atoms with E-state index in [1.807, 2.05) is 0 Å². The van der Waals surface area contributed by atoms with Gasteiger partial charge in [0.1, 0.15) is 11.2 Å². The van der Waals surface area contributed by atoms with Gasteiger partial charge in [-0.25, -0.2) is 0 Å². The molecule has 0 saturated carbocycles. The van der Waals surface area contributed by atoms with Gasteiger partial charge in [0.2, 0.25) is 0 Å². The standard InChI is InChI=1S/C49H32O/c1-49(2)42-25-12-11-23-39(42)45-41(28-40-38-27-26-30-15-4-6-18-32(30)47(38)50-48(40)46(45)49)44-36-21-9-7-19-34(36)43(35-20-8-10-22-37(35)44)33-24-13-16-29-14-3-5-17-31(29)33/h3-28H,1-2H3. The van der Waals surface area contributed by atoms with Gasteiger partial charge in [0.25, 0.3) is 0 Å². The summed E-state index contributed by atoms with van der Waals surface area (Å²) in [6, 6.07) is 58.0. The number of hydrogen-bond acceptors (Lipinski definition) is 1. The Balaban J connectivity index is 1.35. The Labute approximate surface area is 290 Å². The molecular weight excluding hydrogens is 605 g/mol. The monoisotopic (exact) mass is 636 g/mol. The molecule has 0 amide bonds. The highest BCUT2D eigenvalue weighted by molar-refractivity contribution is 6.26. The van der Waals surface area contributed by atoms with Crippen molar-refractivity contribution in [2.24, 2.45) is 0 Å². The Morgan fingerprint density at radius 1 is 0.360 bits per heavy atom. The van der Waals surface area contributed by atoms with Gasteiger partial charge in [-0.2, -0.15) is 0 Å². The van der Waals surface area contributed by atoms with Crippen LogP contribution in [0.2, 0.25) is 0 Å². The van der Waals surface area contributed by atoms with Crippen LogP contribution in [0, 0.1) is 0 Å². The molecule has 10 aromatic rings. The molecule has 1 heterocycles. The van der Waals surface area contributed by atoms with E-state index < -0.39 is 0 Å². The third-order valence-electron chi connectivity index (χ3n) is 11.4. The van der Waals surface area contributed by atoms with Crippen LogP contribution in [0.1, 0.15) is 25.0 Å². The first-order valence-electron chi connectivity index (χ1n) is 17.5. The maximum atomic E-state index is 7.06. The van der Waals surface area contributed by atoms with Gasteiger partial charge in [-0.1, -0.05) is 159 Å². The van der Waals surface area contributed by atoms with Crippen molar-refractivity contribution in [1.29, 1.82) is 0 Å². The van der Waals surface area contributed by atoms with Gasteiger partial charge in [-0.3, -0.25) is 0 Å². The van der Waals surface area contributed by atoms with Crippen molar-refractivity contribution in [2.45, 2.75) is 19.3 Å². The zero-order chi connectivity index (χ0) is 33.1. The molecule has 0 atom stereocenters. The lowest BCUT2D eigenvalue weighted by Gasteiger charge is -2.23. The molecule has 1 aromatic heterocycles. The van der Waals surface area contributed by atoms with Crippen LogP contribution in [0.3, 0.4) is 0 Å². The molecule has 11 rings (SSSR count). The summed E-state index contributed by atoms with van der Waals surface area (Å²) in [5.41, 5.74) is 12.0. The minimum Gasteiger partial charge on any atom is -0.455 e. The molecule has 0 saturated heterocycles. The molecule has 1 heteroatoms. The van der Waals surface area contributed by atoms with Crippen molar-refractivity contribution in [1.82, 2.24) is 0 Å². The maximum absolute atomic E-state index is 7.06. The number of benzene rings is 9. The fourth-order valence-electron chi connectivity index (χ4n) is 9.24. The second kappa shape index (κ2) is 9.94. The predicted octanol–water partition coefficient (Wildman–Crippen LogP) is 13.8. The lowest BCUT2D eigenvalue weighted by molar-refractivity contribution is 0.621. The van der Waals surface area contributed by atoms with E-state index in [1.54, 1.807) is 0 Å². The van der Waals surface area contributed by atoms with E-state index in [0.29, 0.717) is 0 Å². The Morgan fingerprint density at radius 2 is 0.880 bits per heavy atom. The van der Waals surface area contributed by atoms with Crippen molar-refractivity contribution >= 4 is 65.0 Å². The summed E-state index contributed by atoms with van der Waals surface area (Å²) in [5.74, 6) is 0. The molecule has 0 spiro atoms. The lowest BCUT2D eigenvalue weighted by atomic mass is 9.79. The minimum atomic E-state index is -0.252. The van der Waals surface area contributed by atoms with Crippen molar-refractivity contribution in [2.75, 3.05) is 0 Å². The normalized spacial score (nSPS) is 13.6.